The van der Waals surface area contributed by atoms with Crippen molar-refractivity contribution in [3.8, 4) is 0 Å². The second kappa shape index (κ2) is 8.09. The molecule has 28 heavy (non-hydrogen) atoms. The molecule has 2 aromatic carbocycles. The SMILES string of the molecule is O=C(O)C1CCCN(C(c2cccc(F)c2)c2cc(C(F)(F)F)ccc2Cl)C1. The lowest BCUT2D eigenvalue weighted by Gasteiger charge is -2.38. The van der Waals surface area contributed by atoms with Gasteiger partial charge in [-0.15, -0.1) is 0 Å². The quantitative estimate of drug-likeness (QED) is 0.681. The molecule has 0 aliphatic carbocycles. The van der Waals surface area contributed by atoms with E-state index in [4.69, 9.17) is 11.6 Å². The standard InChI is InChI=1S/C20H18ClF4NO2/c21-17-7-6-14(20(23,24)25)10-16(17)18(12-3-1-5-15(22)9-12)26-8-2-4-13(11-26)19(27)28/h1,3,5-7,9-10,13,18H,2,4,8,11H2,(H,27,28). The maximum absolute atomic E-state index is 13.9. The van der Waals surface area contributed by atoms with Gasteiger partial charge in [-0.1, -0.05) is 23.7 Å². The first-order valence-corrected chi connectivity index (χ1v) is 9.13. The highest BCUT2D eigenvalue weighted by Crippen LogP contribution is 2.39. The van der Waals surface area contributed by atoms with Gasteiger partial charge < -0.3 is 5.11 Å². The van der Waals surface area contributed by atoms with Crippen LogP contribution < -0.4 is 0 Å². The fourth-order valence-corrected chi connectivity index (χ4v) is 3.86. The molecule has 1 N–H and O–H groups in total. The molecule has 2 aromatic rings. The summed E-state index contributed by atoms with van der Waals surface area (Å²) in [5.74, 6) is -2.13. The van der Waals surface area contributed by atoms with Gasteiger partial charge in [0.25, 0.3) is 0 Å². The number of aliphatic carboxylic acids is 1. The lowest BCUT2D eigenvalue weighted by molar-refractivity contribution is -0.143. The van der Waals surface area contributed by atoms with Crippen molar-refractivity contribution < 1.29 is 27.5 Å². The van der Waals surface area contributed by atoms with Crippen LogP contribution in [0.2, 0.25) is 5.02 Å². The first-order valence-electron chi connectivity index (χ1n) is 8.76. The molecule has 0 radical (unpaired) electrons. The Morgan fingerprint density at radius 2 is 1.96 bits per heavy atom. The van der Waals surface area contributed by atoms with Crippen LogP contribution in [-0.2, 0) is 11.0 Å². The molecule has 2 atom stereocenters. The molecular weight excluding hydrogens is 398 g/mol. The number of carbonyl (C=O) groups is 1. The third-order valence-corrected chi connectivity index (χ3v) is 5.29. The Balaban J connectivity index is 2.11. The molecule has 1 saturated heterocycles. The molecule has 0 aromatic heterocycles. The van der Waals surface area contributed by atoms with Gasteiger partial charge in [-0.05, 0) is 60.8 Å². The molecular formula is C20H18ClF4NO2. The number of rotatable bonds is 4. The second-order valence-electron chi connectivity index (χ2n) is 6.86. The van der Waals surface area contributed by atoms with Gasteiger partial charge in [0.15, 0.2) is 0 Å². The van der Waals surface area contributed by atoms with E-state index in [9.17, 15) is 27.5 Å². The molecule has 1 heterocycles. The predicted molar refractivity (Wildman–Crippen MR) is 96.6 cm³/mol. The van der Waals surface area contributed by atoms with Crippen LogP contribution in [0.5, 0.6) is 0 Å². The minimum atomic E-state index is -4.56. The highest BCUT2D eigenvalue weighted by molar-refractivity contribution is 6.31. The normalized spacial score (nSPS) is 19.4. The summed E-state index contributed by atoms with van der Waals surface area (Å²) in [5, 5.41) is 9.48. The maximum atomic E-state index is 13.9. The number of hydrogen-bond acceptors (Lipinski definition) is 2. The van der Waals surface area contributed by atoms with E-state index in [1.54, 1.807) is 11.0 Å². The lowest BCUT2D eigenvalue weighted by atomic mass is 9.90. The average molecular weight is 416 g/mol. The van der Waals surface area contributed by atoms with Gasteiger partial charge in [0.05, 0.1) is 17.5 Å². The molecule has 1 aliphatic rings. The Hall–Kier alpha value is -2.12. The molecule has 2 unspecified atom stereocenters. The van der Waals surface area contributed by atoms with Gasteiger partial charge >= 0.3 is 12.1 Å². The third-order valence-electron chi connectivity index (χ3n) is 4.95. The number of halogens is 5. The number of carboxylic acid groups (broad SMARTS) is 1. The van der Waals surface area contributed by atoms with E-state index < -0.39 is 35.5 Å². The number of nitrogens with zero attached hydrogens (tertiary/aromatic N) is 1. The number of alkyl halides is 3. The van der Waals surface area contributed by atoms with Crippen molar-refractivity contribution in [1.82, 2.24) is 4.90 Å². The second-order valence-corrected chi connectivity index (χ2v) is 7.27. The first-order chi connectivity index (χ1) is 13.2. The highest BCUT2D eigenvalue weighted by Gasteiger charge is 2.35. The van der Waals surface area contributed by atoms with E-state index in [-0.39, 0.29) is 17.1 Å². The number of carboxylic acids is 1. The minimum Gasteiger partial charge on any atom is -0.481 e. The largest absolute Gasteiger partial charge is 0.481 e. The van der Waals surface area contributed by atoms with Gasteiger partial charge in [-0.25, -0.2) is 4.39 Å². The predicted octanol–water partition coefficient (Wildman–Crippen LogP) is 5.38. The average Bonchev–Trinajstić information content (AvgIpc) is 2.63. The fourth-order valence-electron chi connectivity index (χ4n) is 3.64. The minimum absolute atomic E-state index is 0.111. The van der Waals surface area contributed by atoms with Crippen molar-refractivity contribution in [2.75, 3.05) is 13.1 Å². The Labute approximate surface area is 164 Å². The molecule has 1 fully saturated rings. The smallest absolute Gasteiger partial charge is 0.416 e. The first kappa shape index (κ1) is 20.6. The summed E-state index contributed by atoms with van der Waals surface area (Å²) in [7, 11) is 0. The van der Waals surface area contributed by atoms with Gasteiger partial charge in [-0.3, -0.25) is 9.69 Å². The summed E-state index contributed by atoms with van der Waals surface area (Å²) in [5.41, 5.74) is -0.263. The Morgan fingerprint density at radius 1 is 1.21 bits per heavy atom. The van der Waals surface area contributed by atoms with Crippen molar-refractivity contribution in [1.29, 1.82) is 0 Å². The zero-order chi connectivity index (χ0) is 20.5. The zero-order valence-corrected chi connectivity index (χ0v) is 15.5. The molecule has 0 spiro atoms. The molecule has 3 rings (SSSR count). The maximum Gasteiger partial charge on any atom is 0.416 e. The van der Waals surface area contributed by atoms with Gasteiger partial charge in [0, 0.05) is 11.6 Å². The van der Waals surface area contributed by atoms with Gasteiger partial charge in [0.2, 0.25) is 0 Å². The Morgan fingerprint density at radius 3 is 2.61 bits per heavy atom. The number of benzene rings is 2. The highest BCUT2D eigenvalue weighted by atomic mass is 35.5. The molecule has 0 bridgehead atoms. The number of piperidine rings is 1. The van der Waals surface area contributed by atoms with Crippen LogP contribution in [0.3, 0.4) is 0 Å². The van der Waals surface area contributed by atoms with Crippen LogP contribution in [-0.4, -0.2) is 29.1 Å². The van der Waals surface area contributed by atoms with E-state index >= 15 is 0 Å². The van der Waals surface area contributed by atoms with Crippen molar-refractivity contribution in [3.05, 3.63) is 70.0 Å². The van der Waals surface area contributed by atoms with Gasteiger partial charge in [-0.2, -0.15) is 13.2 Å². The van der Waals surface area contributed by atoms with E-state index in [1.165, 1.54) is 24.3 Å². The summed E-state index contributed by atoms with van der Waals surface area (Å²) in [4.78, 5) is 13.2. The molecule has 3 nitrogen and oxygen atoms in total. The molecule has 150 valence electrons. The van der Waals surface area contributed by atoms with Crippen molar-refractivity contribution in [2.45, 2.75) is 25.1 Å². The monoisotopic (exact) mass is 415 g/mol. The van der Waals surface area contributed by atoms with E-state index in [0.717, 1.165) is 12.1 Å². The van der Waals surface area contributed by atoms with Crippen LogP contribution in [0.1, 0.15) is 35.6 Å². The lowest BCUT2D eigenvalue weighted by Crippen LogP contribution is -2.41. The van der Waals surface area contributed by atoms with E-state index in [0.29, 0.717) is 24.9 Å². The van der Waals surface area contributed by atoms with Crippen LogP contribution in [0.15, 0.2) is 42.5 Å². The topological polar surface area (TPSA) is 40.5 Å². The van der Waals surface area contributed by atoms with E-state index in [2.05, 4.69) is 0 Å². The van der Waals surface area contributed by atoms with E-state index in [1.807, 2.05) is 0 Å². The Bertz CT molecular complexity index is 872. The molecule has 8 heteroatoms. The van der Waals surface area contributed by atoms with Gasteiger partial charge in [0.1, 0.15) is 5.82 Å². The summed E-state index contributed by atoms with van der Waals surface area (Å²) in [6, 6.07) is 7.80. The van der Waals surface area contributed by atoms with Crippen LogP contribution in [0.4, 0.5) is 17.6 Å². The van der Waals surface area contributed by atoms with Crippen molar-refractivity contribution >= 4 is 17.6 Å². The fraction of sp³-hybridized carbons (Fsp3) is 0.350. The zero-order valence-electron chi connectivity index (χ0n) is 14.7. The summed E-state index contributed by atoms with van der Waals surface area (Å²) < 4.78 is 53.6. The van der Waals surface area contributed by atoms with Crippen molar-refractivity contribution in [3.63, 3.8) is 0 Å². The number of likely N-dealkylation sites (tertiary alicyclic amines) is 1. The summed E-state index contributed by atoms with van der Waals surface area (Å²) in [6.45, 7) is 0.612. The summed E-state index contributed by atoms with van der Waals surface area (Å²) in [6.07, 6.45) is -3.51. The third kappa shape index (κ3) is 4.47. The molecule has 0 amide bonds. The van der Waals surface area contributed by atoms with Crippen LogP contribution in [0.25, 0.3) is 0 Å². The Kier molecular flexibility index (Phi) is 5.95. The van der Waals surface area contributed by atoms with Crippen molar-refractivity contribution in [2.24, 2.45) is 5.92 Å². The molecule has 0 saturated carbocycles. The van der Waals surface area contributed by atoms with Crippen LogP contribution in [0, 0.1) is 11.7 Å². The number of hydrogen-bond donors (Lipinski definition) is 1. The van der Waals surface area contributed by atoms with Crippen LogP contribution >= 0.6 is 11.6 Å². The summed E-state index contributed by atoms with van der Waals surface area (Å²) >= 11 is 6.24. The molecule has 1 aliphatic heterocycles.